The van der Waals surface area contributed by atoms with Crippen LogP contribution in [0, 0.1) is 6.57 Å². The normalized spacial score (nSPS) is 11.7. The first-order valence-corrected chi connectivity index (χ1v) is 3.53. The van der Waals surface area contributed by atoms with Crippen molar-refractivity contribution in [2.75, 3.05) is 0 Å². The fraction of sp³-hybridized carbons (Fsp3) is 0.111. The minimum atomic E-state index is -1.51. The van der Waals surface area contributed by atoms with Gasteiger partial charge in [-0.2, -0.15) is 0 Å². The van der Waals surface area contributed by atoms with Gasteiger partial charge in [-0.3, -0.25) is 0 Å². The number of nitrogens with zero attached hydrogens (tertiary/aromatic N) is 1. The van der Waals surface area contributed by atoms with Crippen molar-refractivity contribution < 1.29 is 15.0 Å². The highest BCUT2D eigenvalue weighted by Crippen LogP contribution is 2.17. The number of rotatable bonds is 2. The second kappa shape index (κ2) is 3.70. The predicted molar refractivity (Wildman–Crippen MR) is 45.3 cm³/mol. The van der Waals surface area contributed by atoms with E-state index in [1.807, 2.05) is 0 Å². The van der Waals surface area contributed by atoms with Gasteiger partial charge in [-0.1, -0.05) is 24.3 Å². The van der Waals surface area contributed by atoms with Crippen molar-refractivity contribution in [2.45, 2.75) is 6.10 Å². The van der Waals surface area contributed by atoms with E-state index in [0.29, 0.717) is 5.69 Å². The number of hydrogen-bond acceptors (Lipinski definition) is 2. The molecule has 1 aromatic rings. The number of aliphatic carboxylic acids is 1. The van der Waals surface area contributed by atoms with Gasteiger partial charge in [0.2, 0.25) is 0 Å². The Balaban J connectivity index is 2.93. The number of aliphatic hydroxyl groups is 1. The molecule has 0 bridgehead atoms. The van der Waals surface area contributed by atoms with E-state index in [-0.39, 0.29) is 5.56 Å². The van der Waals surface area contributed by atoms with Crippen molar-refractivity contribution in [3.63, 3.8) is 0 Å². The molecule has 1 aromatic carbocycles. The van der Waals surface area contributed by atoms with Crippen LogP contribution < -0.4 is 0 Å². The lowest BCUT2D eigenvalue weighted by molar-refractivity contribution is -0.146. The van der Waals surface area contributed by atoms with Crippen LogP contribution in [-0.2, 0) is 4.79 Å². The monoisotopic (exact) mass is 177 g/mol. The number of aliphatic hydroxyl groups excluding tert-OH is 1. The summed E-state index contributed by atoms with van der Waals surface area (Å²) in [6.45, 7) is 6.65. The maximum absolute atomic E-state index is 10.3. The predicted octanol–water partition coefficient (Wildman–Crippen LogP) is 1.36. The van der Waals surface area contributed by atoms with Gasteiger partial charge in [0, 0.05) is 0 Å². The second-order valence-electron chi connectivity index (χ2n) is 2.44. The van der Waals surface area contributed by atoms with E-state index in [2.05, 4.69) is 4.85 Å². The van der Waals surface area contributed by atoms with Crippen molar-refractivity contribution in [2.24, 2.45) is 0 Å². The summed E-state index contributed by atoms with van der Waals surface area (Å²) in [4.78, 5) is 13.5. The number of hydrogen-bond donors (Lipinski definition) is 2. The van der Waals surface area contributed by atoms with Crippen molar-refractivity contribution >= 4 is 11.7 Å². The third-order valence-corrected chi connectivity index (χ3v) is 1.57. The Hall–Kier alpha value is -1.86. The number of carbonyl (C=O) groups is 1. The molecule has 0 heterocycles. The molecule has 13 heavy (non-hydrogen) atoms. The van der Waals surface area contributed by atoms with Gasteiger partial charge >= 0.3 is 5.97 Å². The second-order valence-corrected chi connectivity index (χ2v) is 2.44. The Kier molecular flexibility index (Phi) is 2.62. The molecule has 0 saturated carbocycles. The molecule has 0 spiro atoms. The summed E-state index contributed by atoms with van der Waals surface area (Å²) >= 11 is 0. The van der Waals surface area contributed by atoms with Crippen LogP contribution in [0.15, 0.2) is 24.3 Å². The van der Waals surface area contributed by atoms with Crippen molar-refractivity contribution in [1.82, 2.24) is 0 Å². The van der Waals surface area contributed by atoms with E-state index < -0.39 is 12.1 Å². The molecule has 2 N–H and O–H groups in total. The minimum absolute atomic E-state index is 0.278. The highest BCUT2D eigenvalue weighted by molar-refractivity contribution is 5.74. The van der Waals surface area contributed by atoms with Gasteiger partial charge in [0.15, 0.2) is 11.8 Å². The average Bonchev–Trinajstić information content (AvgIpc) is 2.17. The molecular formula is C9H7NO3. The van der Waals surface area contributed by atoms with E-state index in [4.69, 9.17) is 16.8 Å². The maximum Gasteiger partial charge on any atom is 0.337 e. The standard InChI is InChI=1S/C9H7NO3/c1-10-7-4-2-6(3-5-7)8(11)9(12)13/h2-5,8,11H,(H,12,13). The summed E-state index contributed by atoms with van der Waals surface area (Å²) in [6.07, 6.45) is -1.51. The van der Waals surface area contributed by atoms with E-state index in [1.54, 1.807) is 0 Å². The molecule has 4 heteroatoms. The SMILES string of the molecule is [C-]#[N+]c1ccc(C(O)C(=O)O)cc1. The zero-order valence-electron chi connectivity index (χ0n) is 6.64. The van der Waals surface area contributed by atoms with Crippen molar-refractivity contribution in [3.05, 3.63) is 41.2 Å². The van der Waals surface area contributed by atoms with Gasteiger partial charge in [-0.25, -0.2) is 9.64 Å². The molecule has 0 saturated heterocycles. The Morgan fingerprint density at radius 2 is 1.92 bits per heavy atom. The lowest BCUT2D eigenvalue weighted by Crippen LogP contribution is -2.09. The van der Waals surface area contributed by atoms with Crippen LogP contribution in [0.4, 0.5) is 5.69 Å². The highest BCUT2D eigenvalue weighted by atomic mass is 16.4. The summed E-state index contributed by atoms with van der Waals surface area (Å²) in [6, 6.07) is 5.78. The topological polar surface area (TPSA) is 61.9 Å². The molecule has 1 atom stereocenters. The first-order valence-electron chi connectivity index (χ1n) is 3.53. The molecule has 0 aromatic heterocycles. The zero-order valence-corrected chi connectivity index (χ0v) is 6.64. The van der Waals surface area contributed by atoms with Gasteiger partial charge in [-0.05, 0) is 5.56 Å². The van der Waals surface area contributed by atoms with Gasteiger partial charge in [0.25, 0.3) is 0 Å². The fourth-order valence-electron chi connectivity index (χ4n) is 0.874. The maximum atomic E-state index is 10.3. The smallest absolute Gasteiger partial charge is 0.337 e. The van der Waals surface area contributed by atoms with Crippen molar-refractivity contribution in [1.29, 1.82) is 0 Å². The Labute approximate surface area is 74.9 Å². The molecule has 1 unspecified atom stereocenters. The highest BCUT2D eigenvalue weighted by Gasteiger charge is 2.14. The molecule has 0 fully saturated rings. The molecule has 0 aliphatic heterocycles. The molecule has 0 aliphatic rings. The van der Waals surface area contributed by atoms with Gasteiger partial charge in [-0.15, -0.1) is 0 Å². The van der Waals surface area contributed by atoms with Crippen LogP contribution in [0.2, 0.25) is 0 Å². The summed E-state index contributed by atoms with van der Waals surface area (Å²) in [5.41, 5.74) is 0.696. The molecule has 66 valence electrons. The number of benzene rings is 1. The Morgan fingerprint density at radius 3 is 2.31 bits per heavy atom. The number of carboxylic acids is 1. The van der Waals surface area contributed by atoms with Crippen LogP contribution in [-0.4, -0.2) is 16.2 Å². The molecule has 0 radical (unpaired) electrons. The van der Waals surface area contributed by atoms with E-state index in [1.165, 1.54) is 24.3 Å². The third-order valence-electron chi connectivity index (χ3n) is 1.57. The molecule has 0 amide bonds. The number of carboxylic acid groups (broad SMARTS) is 1. The molecular weight excluding hydrogens is 170 g/mol. The largest absolute Gasteiger partial charge is 0.479 e. The summed E-state index contributed by atoms with van der Waals surface area (Å²) in [7, 11) is 0. The van der Waals surface area contributed by atoms with E-state index >= 15 is 0 Å². The molecule has 4 nitrogen and oxygen atoms in total. The molecule has 1 rings (SSSR count). The minimum Gasteiger partial charge on any atom is -0.479 e. The third kappa shape index (κ3) is 2.04. The molecule has 0 aliphatic carbocycles. The summed E-state index contributed by atoms with van der Waals surface area (Å²) in [5.74, 6) is -1.30. The van der Waals surface area contributed by atoms with Crippen LogP contribution in [0.25, 0.3) is 4.85 Å². The van der Waals surface area contributed by atoms with Crippen LogP contribution in [0.3, 0.4) is 0 Å². The van der Waals surface area contributed by atoms with Crippen molar-refractivity contribution in [3.8, 4) is 0 Å². The van der Waals surface area contributed by atoms with E-state index in [0.717, 1.165) is 0 Å². The van der Waals surface area contributed by atoms with Gasteiger partial charge in [0.05, 0.1) is 6.57 Å². The van der Waals surface area contributed by atoms with E-state index in [9.17, 15) is 4.79 Å². The summed E-state index contributed by atoms with van der Waals surface area (Å²) < 4.78 is 0. The van der Waals surface area contributed by atoms with Crippen LogP contribution in [0.1, 0.15) is 11.7 Å². The quantitative estimate of drug-likeness (QED) is 0.670. The van der Waals surface area contributed by atoms with Gasteiger partial charge in [0.1, 0.15) is 0 Å². The van der Waals surface area contributed by atoms with Crippen LogP contribution in [0.5, 0.6) is 0 Å². The Bertz CT molecular complexity index is 350. The first kappa shape index (κ1) is 9.23. The van der Waals surface area contributed by atoms with Crippen LogP contribution >= 0.6 is 0 Å². The van der Waals surface area contributed by atoms with Gasteiger partial charge < -0.3 is 10.2 Å². The lowest BCUT2D eigenvalue weighted by atomic mass is 10.1. The summed E-state index contributed by atoms with van der Waals surface area (Å²) in [5, 5.41) is 17.5. The first-order chi connectivity index (χ1) is 6.15. The lowest BCUT2D eigenvalue weighted by Gasteiger charge is -2.04. The average molecular weight is 177 g/mol. The fourth-order valence-corrected chi connectivity index (χ4v) is 0.874. The zero-order chi connectivity index (χ0) is 9.84. The Morgan fingerprint density at radius 1 is 1.38 bits per heavy atom.